The van der Waals surface area contributed by atoms with Crippen molar-refractivity contribution in [2.75, 3.05) is 20.3 Å². The molecule has 0 radical (unpaired) electrons. The predicted molar refractivity (Wildman–Crippen MR) is 66.4 cm³/mol. The number of nitrogens with zero attached hydrogens (tertiary/aromatic N) is 1. The number of hydrogen-bond acceptors (Lipinski definition) is 6. The molecule has 0 unspecified atom stereocenters. The lowest BCUT2D eigenvalue weighted by atomic mass is 10.3. The van der Waals surface area contributed by atoms with Crippen molar-refractivity contribution in [3.8, 4) is 11.5 Å². The molecule has 7 heteroatoms. The molecular weight excluding hydrogens is 254 g/mol. The average Bonchev–Trinajstić information content (AvgIpc) is 2.42. The van der Waals surface area contributed by atoms with E-state index in [1.165, 1.54) is 25.3 Å². The highest BCUT2D eigenvalue weighted by molar-refractivity contribution is 5.71. The lowest BCUT2D eigenvalue weighted by molar-refractivity contribution is -0.385. The molecule has 0 spiro atoms. The van der Waals surface area contributed by atoms with Crippen LogP contribution < -0.4 is 9.47 Å². The maximum atomic E-state index is 11.2. The molecular formula is C12H15NO6. The van der Waals surface area contributed by atoms with Gasteiger partial charge in [-0.05, 0) is 12.5 Å². The van der Waals surface area contributed by atoms with Gasteiger partial charge in [0.2, 0.25) is 5.75 Å². The number of methoxy groups -OCH3 is 1. The number of nitro benzene ring substituents is 1. The van der Waals surface area contributed by atoms with Gasteiger partial charge in [0.05, 0.1) is 18.6 Å². The Labute approximate surface area is 110 Å². The number of carbonyl (C=O) groups excluding carboxylic acids is 1. The van der Waals surface area contributed by atoms with Crippen molar-refractivity contribution in [1.29, 1.82) is 0 Å². The monoisotopic (exact) mass is 269 g/mol. The van der Waals surface area contributed by atoms with Crippen LogP contribution in [0.4, 0.5) is 5.69 Å². The van der Waals surface area contributed by atoms with Gasteiger partial charge in [0.15, 0.2) is 6.61 Å². The number of carbonyl (C=O) groups is 1. The molecule has 0 aromatic heterocycles. The van der Waals surface area contributed by atoms with Gasteiger partial charge in [0.25, 0.3) is 0 Å². The molecule has 0 atom stereocenters. The van der Waals surface area contributed by atoms with Gasteiger partial charge in [-0.15, -0.1) is 0 Å². The van der Waals surface area contributed by atoms with E-state index >= 15 is 0 Å². The van der Waals surface area contributed by atoms with Crippen LogP contribution in [0.25, 0.3) is 0 Å². The van der Waals surface area contributed by atoms with E-state index < -0.39 is 10.9 Å². The second-order valence-electron chi connectivity index (χ2n) is 3.60. The largest absolute Gasteiger partial charge is 0.490 e. The summed E-state index contributed by atoms with van der Waals surface area (Å²) in [5.41, 5.74) is -0.164. The molecule has 0 bridgehead atoms. The van der Waals surface area contributed by atoms with Crippen molar-refractivity contribution < 1.29 is 23.9 Å². The van der Waals surface area contributed by atoms with E-state index in [0.29, 0.717) is 12.4 Å². The molecule has 0 aliphatic carbocycles. The number of esters is 1. The third-order valence-corrected chi connectivity index (χ3v) is 2.17. The van der Waals surface area contributed by atoms with Crippen LogP contribution in [0.3, 0.4) is 0 Å². The minimum Gasteiger partial charge on any atom is -0.490 e. The maximum Gasteiger partial charge on any atom is 0.344 e. The number of rotatable bonds is 7. The fourth-order valence-corrected chi connectivity index (χ4v) is 1.30. The Kier molecular flexibility index (Phi) is 5.59. The molecule has 0 heterocycles. The van der Waals surface area contributed by atoms with Gasteiger partial charge >= 0.3 is 11.7 Å². The number of hydrogen-bond donors (Lipinski definition) is 0. The zero-order valence-corrected chi connectivity index (χ0v) is 10.8. The SMILES string of the molecule is CCCOC(=O)COc1ccc([N+](=O)[O-])c(OC)c1. The average molecular weight is 269 g/mol. The summed E-state index contributed by atoms with van der Waals surface area (Å²) in [5, 5.41) is 10.7. The Balaban J connectivity index is 2.65. The molecule has 7 nitrogen and oxygen atoms in total. The lowest BCUT2D eigenvalue weighted by Gasteiger charge is -2.08. The molecule has 1 aromatic rings. The van der Waals surface area contributed by atoms with Gasteiger partial charge in [0, 0.05) is 12.1 Å². The minimum atomic E-state index is -0.557. The van der Waals surface area contributed by atoms with Gasteiger partial charge in [-0.3, -0.25) is 10.1 Å². The van der Waals surface area contributed by atoms with Crippen LogP contribution in [0.15, 0.2) is 18.2 Å². The molecule has 0 aliphatic heterocycles. The number of ether oxygens (including phenoxy) is 3. The molecule has 0 fully saturated rings. The summed E-state index contributed by atoms with van der Waals surface area (Å²) >= 11 is 0. The van der Waals surface area contributed by atoms with Crippen molar-refractivity contribution in [1.82, 2.24) is 0 Å². The van der Waals surface area contributed by atoms with Gasteiger partial charge in [-0.2, -0.15) is 0 Å². The van der Waals surface area contributed by atoms with Crippen LogP contribution in [0, 0.1) is 10.1 Å². The normalized spacial score (nSPS) is 9.79. The fourth-order valence-electron chi connectivity index (χ4n) is 1.30. The highest BCUT2D eigenvalue weighted by Crippen LogP contribution is 2.30. The van der Waals surface area contributed by atoms with E-state index in [4.69, 9.17) is 14.2 Å². The van der Waals surface area contributed by atoms with Crippen LogP contribution >= 0.6 is 0 Å². The summed E-state index contributed by atoms with van der Waals surface area (Å²) in [6.07, 6.45) is 0.733. The van der Waals surface area contributed by atoms with E-state index in [9.17, 15) is 14.9 Å². The third-order valence-electron chi connectivity index (χ3n) is 2.17. The Morgan fingerprint density at radius 2 is 2.16 bits per heavy atom. The first-order valence-corrected chi connectivity index (χ1v) is 5.69. The maximum absolute atomic E-state index is 11.2. The first kappa shape index (κ1) is 14.7. The van der Waals surface area contributed by atoms with E-state index in [2.05, 4.69) is 0 Å². The molecule has 0 amide bonds. The van der Waals surface area contributed by atoms with Gasteiger partial charge in [-0.1, -0.05) is 6.92 Å². The second-order valence-corrected chi connectivity index (χ2v) is 3.60. The van der Waals surface area contributed by atoms with E-state index in [1.54, 1.807) is 0 Å². The first-order chi connectivity index (χ1) is 9.08. The van der Waals surface area contributed by atoms with E-state index in [1.807, 2.05) is 6.92 Å². The number of nitro groups is 1. The summed E-state index contributed by atoms with van der Waals surface area (Å²) in [6.45, 7) is 1.97. The number of benzene rings is 1. The summed E-state index contributed by atoms with van der Waals surface area (Å²) < 4.78 is 14.9. The van der Waals surface area contributed by atoms with Gasteiger partial charge in [0.1, 0.15) is 5.75 Å². The molecule has 0 N–H and O–H groups in total. The van der Waals surface area contributed by atoms with Crippen LogP contribution in [0.5, 0.6) is 11.5 Å². The fraction of sp³-hybridized carbons (Fsp3) is 0.417. The van der Waals surface area contributed by atoms with Crippen molar-refractivity contribution in [3.63, 3.8) is 0 Å². The lowest BCUT2D eigenvalue weighted by Crippen LogP contribution is -2.15. The molecule has 19 heavy (non-hydrogen) atoms. The zero-order chi connectivity index (χ0) is 14.3. The van der Waals surface area contributed by atoms with Crippen molar-refractivity contribution >= 4 is 11.7 Å². The second kappa shape index (κ2) is 7.20. The Hall–Kier alpha value is -2.31. The predicted octanol–water partition coefficient (Wildman–Crippen LogP) is 1.94. The van der Waals surface area contributed by atoms with E-state index in [-0.39, 0.29) is 18.0 Å². The standard InChI is InChI=1S/C12H15NO6/c1-3-6-18-12(14)8-19-9-4-5-10(13(15)16)11(7-9)17-2/h4-5,7H,3,6,8H2,1-2H3. The Morgan fingerprint density at radius 1 is 1.42 bits per heavy atom. The highest BCUT2D eigenvalue weighted by Gasteiger charge is 2.15. The Morgan fingerprint density at radius 3 is 2.74 bits per heavy atom. The topological polar surface area (TPSA) is 87.9 Å². The van der Waals surface area contributed by atoms with Gasteiger partial charge < -0.3 is 14.2 Å². The van der Waals surface area contributed by atoms with Crippen molar-refractivity contribution in [2.45, 2.75) is 13.3 Å². The molecule has 0 aliphatic rings. The van der Waals surface area contributed by atoms with Crippen molar-refractivity contribution in [3.05, 3.63) is 28.3 Å². The van der Waals surface area contributed by atoms with E-state index in [0.717, 1.165) is 6.42 Å². The first-order valence-electron chi connectivity index (χ1n) is 5.69. The summed E-state index contributed by atoms with van der Waals surface area (Å²) in [4.78, 5) is 21.3. The quantitative estimate of drug-likeness (QED) is 0.427. The third kappa shape index (κ3) is 4.46. The van der Waals surface area contributed by atoms with Crippen LogP contribution in [-0.2, 0) is 9.53 Å². The molecule has 104 valence electrons. The summed E-state index contributed by atoms with van der Waals surface area (Å²) in [6, 6.07) is 4.00. The zero-order valence-electron chi connectivity index (χ0n) is 10.8. The smallest absolute Gasteiger partial charge is 0.344 e. The molecule has 0 saturated carbocycles. The summed E-state index contributed by atoms with van der Waals surface area (Å²) in [7, 11) is 1.32. The molecule has 1 aromatic carbocycles. The van der Waals surface area contributed by atoms with Gasteiger partial charge in [-0.25, -0.2) is 4.79 Å². The molecule has 1 rings (SSSR count). The minimum absolute atomic E-state index is 0.0735. The van der Waals surface area contributed by atoms with Crippen LogP contribution in [0.2, 0.25) is 0 Å². The van der Waals surface area contributed by atoms with Crippen LogP contribution in [0.1, 0.15) is 13.3 Å². The summed E-state index contributed by atoms with van der Waals surface area (Å²) in [5.74, 6) is -0.112. The van der Waals surface area contributed by atoms with Crippen LogP contribution in [-0.4, -0.2) is 31.2 Å². The molecule has 0 saturated heterocycles. The Bertz CT molecular complexity index is 460. The van der Waals surface area contributed by atoms with Crippen molar-refractivity contribution in [2.24, 2.45) is 0 Å². The highest BCUT2D eigenvalue weighted by atomic mass is 16.6.